The maximum absolute atomic E-state index is 11.1. The van der Waals surface area contributed by atoms with E-state index in [4.69, 9.17) is 9.84 Å². The van der Waals surface area contributed by atoms with Crippen molar-refractivity contribution in [2.45, 2.75) is 44.0 Å². The van der Waals surface area contributed by atoms with E-state index in [-0.39, 0.29) is 5.37 Å². The van der Waals surface area contributed by atoms with Crippen molar-refractivity contribution in [1.29, 1.82) is 0 Å². The first-order valence-electron chi connectivity index (χ1n) is 7.64. The number of rotatable bonds is 8. The Bertz CT molecular complexity index is 512. The van der Waals surface area contributed by atoms with Crippen LogP contribution in [0.4, 0.5) is 0 Å². The van der Waals surface area contributed by atoms with E-state index in [0.717, 1.165) is 22.2 Å². The van der Waals surface area contributed by atoms with Gasteiger partial charge in [0.15, 0.2) is 0 Å². The van der Waals surface area contributed by atoms with E-state index in [9.17, 15) is 4.79 Å². The smallest absolute Gasteiger partial charge is 0.321 e. The average molecular weight is 388 g/mol. The van der Waals surface area contributed by atoms with E-state index in [2.05, 4.69) is 28.2 Å². The third-order valence-electron chi connectivity index (χ3n) is 3.59. The van der Waals surface area contributed by atoms with Crippen LogP contribution < -0.4 is 10.1 Å². The molecule has 4 nitrogen and oxygen atoms in total. The molecule has 1 saturated heterocycles. The largest absolute Gasteiger partial charge is 0.493 e. The molecular weight excluding hydrogens is 366 g/mol. The van der Waals surface area contributed by atoms with E-state index in [1.54, 1.807) is 11.8 Å². The quantitative estimate of drug-likeness (QED) is 0.654. The molecule has 1 aromatic rings. The molecule has 0 amide bonds. The van der Waals surface area contributed by atoms with E-state index in [1.807, 2.05) is 18.2 Å². The summed E-state index contributed by atoms with van der Waals surface area (Å²) in [6, 6.07) is 5.43. The highest BCUT2D eigenvalue weighted by atomic mass is 79.9. The predicted molar refractivity (Wildman–Crippen MR) is 93.5 cm³/mol. The first kappa shape index (κ1) is 17.6. The summed E-state index contributed by atoms with van der Waals surface area (Å²) in [5.41, 5.74) is 1.01. The summed E-state index contributed by atoms with van der Waals surface area (Å²) in [5, 5.41) is 12.2. The second kappa shape index (κ2) is 8.79. The number of ether oxygens (including phenoxy) is 1. The van der Waals surface area contributed by atoms with Crippen LogP contribution in [-0.2, 0) is 4.79 Å². The number of carboxylic acids is 1. The Labute approximate surface area is 144 Å². The molecule has 6 heteroatoms. The van der Waals surface area contributed by atoms with Crippen molar-refractivity contribution in [2.75, 3.05) is 12.4 Å². The average Bonchev–Trinajstić information content (AvgIpc) is 2.98. The fraction of sp³-hybridized carbons (Fsp3) is 0.562. The highest BCUT2D eigenvalue weighted by molar-refractivity contribution is 9.10. The summed E-state index contributed by atoms with van der Waals surface area (Å²) < 4.78 is 6.90. The number of hydrogen-bond acceptors (Lipinski definition) is 4. The van der Waals surface area contributed by atoms with Gasteiger partial charge < -0.3 is 9.84 Å². The minimum atomic E-state index is -0.799. The van der Waals surface area contributed by atoms with Gasteiger partial charge in [-0.15, -0.1) is 11.8 Å². The van der Waals surface area contributed by atoms with Crippen molar-refractivity contribution in [3.8, 4) is 5.75 Å². The number of thioether (sulfide) groups is 1. The predicted octanol–water partition coefficient (Wildman–Crippen LogP) is 4.20. The van der Waals surface area contributed by atoms with Crippen molar-refractivity contribution in [1.82, 2.24) is 5.32 Å². The summed E-state index contributed by atoms with van der Waals surface area (Å²) in [6.07, 6.45) is 4.67. The molecule has 1 fully saturated rings. The molecule has 0 spiro atoms. The van der Waals surface area contributed by atoms with Crippen LogP contribution in [0.25, 0.3) is 0 Å². The molecule has 0 saturated carbocycles. The summed E-state index contributed by atoms with van der Waals surface area (Å²) >= 11 is 5.09. The lowest BCUT2D eigenvalue weighted by Gasteiger charge is -2.17. The Balaban J connectivity index is 2.00. The molecule has 1 aromatic carbocycles. The van der Waals surface area contributed by atoms with Gasteiger partial charge in [0.25, 0.3) is 0 Å². The van der Waals surface area contributed by atoms with Gasteiger partial charge >= 0.3 is 5.97 Å². The molecule has 22 heavy (non-hydrogen) atoms. The first-order valence-corrected chi connectivity index (χ1v) is 9.48. The van der Waals surface area contributed by atoms with Gasteiger partial charge in [-0.25, -0.2) is 0 Å². The minimum absolute atomic E-state index is 0.0377. The lowest BCUT2D eigenvalue weighted by Crippen LogP contribution is -2.33. The summed E-state index contributed by atoms with van der Waals surface area (Å²) in [5.74, 6) is 0.616. The number of carbonyl (C=O) groups is 1. The molecule has 2 rings (SSSR count). The minimum Gasteiger partial charge on any atom is -0.493 e. The number of benzene rings is 1. The number of carboxylic acid groups (broad SMARTS) is 1. The van der Waals surface area contributed by atoms with Gasteiger partial charge in [-0.3, -0.25) is 10.1 Å². The Kier molecular flexibility index (Phi) is 7.05. The number of aliphatic carboxylic acids is 1. The van der Waals surface area contributed by atoms with Gasteiger partial charge in [0.2, 0.25) is 0 Å². The summed E-state index contributed by atoms with van der Waals surface area (Å²) in [4.78, 5) is 11.1. The molecule has 1 aliphatic heterocycles. The third-order valence-corrected chi connectivity index (χ3v) is 5.33. The zero-order chi connectivity index (χ0) is 15.9. The Morgan fingerprint density at radius 1 is 1.45 bits per heavy atom. The molecule has 122 valence electrons. The molecule has 0 aromatic heterocycles. The topological polar surface area (TPSA) is 58.6 Å². The molecule has 0 bridgehead atoms. The van der Waals surface area contributed by atoms with Crippen LogP contribution in [0.15, 0.2) is 22.7 Å². The zero-order valence-electron chi connectivity index (χ0n) is 12.7. The van der Waals surface area contributed by atoms with Gasteiger partial charge in [0.05, 0.1) is 12.0 Å². The molecular formula is C16H22BrNO3S. The van der Waals surface area contributed by atoms with Crippen LogP contribution in [0.3, 0.4) is 0 Å². The fourth-order valence-corrected chi connectivity index (χ4v) is 3.99. The van der Waals surface area contributed by atoms with Gasteiger partial charge in [0, 0.05) is 15.8 Å². The second-order valence-electron chi connectivity index (χ2n) is 5.36. The van der Waals surface area contributed by atoms with Crippen LogP contribution >= 0.6 is 27.7 Å². The number of halogens is 1. The standard InChI is InChI=1S/C16H22BrNO3S/c1-2-3-4-5-8-21-14-7-6-11(17)9-12(14)15-18-13(10-22-15)16(19)20/h6-7,9,13,15,18H,2-5,8,10H2,1H3,(H,19,20). The number of nitrogens with one attached hydrogen (secondary N) is 1. The molecule has 2 unspecified atom stereocenters. The van der Waals surface area contributed by atoms with E-state index in [0.29, 0.717) is 12.4 Å². The zero-order valence-corrected chi connectivity index (χ0v) is 15.1. The molecule has 0 aliphatic carbocycles. The SMILES string of the molecule is CCCCCCOc1ccc(Br)cc1C1NC(C(=O)O)CS1. The maximum Gasteiger partial charge on any atom is 0.321 e. The van der Waals surface area contributed by atoms with Crippen LogP contribution in [0.1, 0.15) is 43.5 Å². The van der Waals surface area contributed by atoms with Gasteiger partial charge in [0.1, 0.15) is 11.8 Å². The Morgan fingerprint density at radius 2 is 2.27 bits per heavy atom. The van der Waals surface area contributed by atoms with Crippen molar-refractivity contribution in [2.24, 2.45) is 0 Å². The highest BCUT2D eigenvalue weighted by Gasteiger charge is 2.32. The number of unbranched alkanes of at least 4 members (excludes halogenated alkanes) is 3. The molecule has 1 aliphatic rings. The van der Waals surface area contributed by atoms with Crippen molar-refractivity contribution in [3.63, 3.8) is 0 Å². The molecule has 0 radical (unpaired) electrons. The normalized spacial score (nSPS) is 21.0. The van der Waals surface area contributed by atoms with E-state index in [1.165, 1.54) is 19.3 Å². The second-order valence-corrected chi connectivity index (χ2v) is 7.42. The van der Waals surface area contributed by atoms with Crippen molar-refractivity contribution < 1.29 is 14.6 Å². The summed E-state index contributed by atoms with van der Waals surface area (Å²) in [7, 11) is 0. The lowest BCUT2D eigenvalue weighted by molar-refractivity contribution is -0.138. The Hall–Kier alpha value is -0.720. The van der Waals surface area contributed by atoms with Gasteiger partial charge in [-0.2, -0.15) is 0 Å². The van der Waals surface area contributed by atoms with Crippen LogP contribution in [0.2, 0.25) is 0 Å². The third kappa shape index (κ3) is 4.89. The maximum atomic E-state index is 11.1. The van der Waals surface area contributed by atoms with Crippen molar-refractivity contribution >= 4 is 33.7 Å². The molecule has 2 atom stereocenters. The van der Waals surface area contributed by atoms with E-state index >= 15 is 0 Å². The monoisotopic (exact) mass is 387 g/mol. The van der Waals surface area contributed by atoms with Crippen LogP contribution in [0, 0.1) is 0 Å². The molecule has 1 heterocycles. The molecule has 2 N–H and O–H groups in total. The van der Waals surface area contributed by atoms with Crippen LogP contribution in [0.5, 0.6) is 5.75 Å². The van der Waals surface area contributed by atoms with Gasteiger partial charge in [-0.1, -0.05) is 42.1 Å². The number of hydrogen-bond donors (Lipinski definition) is 2. The fourth-order valence-electron chi connectivity index (χ4n) is 2.36. The summed E-state index contributed by atoms with van der Waals surface area (Å²) in [6.45, 7) is 2.89. The lowest BCUT2D eigenvalue weighted by atomic mass is 10.2. The van der Waals surface area contributed by atoms with Crippen molar-refractivity contribution in [3.05, 3.63) is 28.2 Å². The highest BCUT2D eigenvalue weighted by Crippen LogP contribution is 2.39. The van der Waals surface area contributed by atoms with E-state index < -0.39 is 12.0 Å². The first-order chi connectivity index (χ1) is 10.6. The van der Waals surface area contributed by atoms with Crippen LogP contribution in [-0.4, -0.2) is 29.5 Å². The van der Waals surface area contributed by atoms with Gasteiger partial charge in [-0.05, 0) is 24.6 Å². The Morgan fingerprint density at radius 3 is 2.95 bits per heavy atom.